The minimum absolute atomic E-state index is 0.397. The van der Waals surface area contributed by atoms with Crippen molar-refractivity contribution in [2.45, 2.75) is 13.0 Å². The molecule has 0 amide bonds. The Morgan fingerprint density at radius 2 is 2.21 bits per heavy atom. The van der Waals surface area contributed by atoms with Crippen LogP contribution in [0.2, 0.25) is 0 Å². The van der Waals surface area contributed by atoms with Gasteiger partial charge in [-0.15, -0.1) is 0 Å². The Hall–Kier alpha value is -2.82. The average molecular weight is 321 g/mol. The average Bonchev–Trinajstić information content (AvgIpc) is 3.10. The minimum Gasteiger partial charge on any atom is -0.493 e. The summed E-state index contributed by atoms with van der Waals surface area (Å²) in [7, 11) is 1.68. The van der Waals surface area contributed by atoms with Gasteiger partial charge in [-0.1, -0.05) is 12.1 Å². The molecule has 0 saturated carbocycles. The predicted molar refractivity (Wildman–Crippen MR) is 91.1 cm³/mol. The Labute approximate surface area is 140 Å². The van der Waals surface area contributed by atoms with E-state index in [9.17, 15) is 0 Å². The molecule has 3 heterocycles. The Kier molecular flexibility index (Phi) is 3.91. The molecule has 5 nitrogen and oxygen atoms in total. The van der Waals surface area contributed by atoms with E-state index in [0.717, 1.165) is 35.9 Å². The predicted octanol–water partition coefficient (Wildman–Crippen LogP) is 3.21. The van der Waals surface area contributed by atoms with Crippen molar-refractivity contribution in [3.8, 4) is 22.9 Å². The van der Waals surface area contributed by atoms with E-state index in [4.69, 9.17) is 9.47 Å². The molecule has 1 aromatic carbocycles. The highest BCUT2D eigenvalue weighted by molar-refractivity contribution is 5.53. The van der Waals surface area contributed by atoms with E-state index in [-0.39, 0.29) is 0 Å². The maximum Gasteiger partial charge on any atom is 0.164 e. The van der Waals surface area contributed by atoms with Gasteiger partial charge in [0.2, 0.25) is 0 Å². The second-order valence-electron chi connectivity index (χ2n) is 5.97. The minimum atomic E-state index is 0.397. The fourth-order valence-electron chi connectivity index (χ4n) is 3.23. The number of nitrogens with zero attached hydrogens (tertiary/aromatic N) is 3. The summed E-state index contributed by atoms with van der Waals surface area (Å²) in [5.74, 6) is 3.03. The van der Waals surface area contributed by atoms with Gasteiger partial charge in [0.05, 0.1) is 13.7 Å². The van der Waals surface area contributed by atoms with E-state index >= 15 is 0 Å². The number of fused-ring (bicyclic) bond motifs is 1. The Balaban J connectivity index is 1.55. The van der Waals surface area contributed by atoms with Crippen molar-refractivity contribution >= 4 is 0 Å². The zero-order valence-electron chi connectivity index (χ0n) is 13.6. The van der Waals surface area contributed by atoms with Gasteiger partial charge in [0.25, 0.3) is 0 Å². The van der Waals surface area contributed by atoms with Crippen LogP contribution in [0.25, 0.3) is 11.4 Å². The quantitative estimate of drug-likeness (QED) is 0.740. The van der Waals surface area contributed by atoms with E-state index in [1.807, 2.05) is 42.9 Å². The highest BCUT2D eigenvalue weighted by Crippen LogP contribution is 2.36. The van der Waals surface area contributed by atoms with Crippen LogP contribution in [0.3, 0.4) is 0 Å². The molecule has 0 aliphatic carbocycles. The number of ether oxygens (including phenoxy) is 2. The Morgan fingerprint density at radius 1 is 1.25 bits per heavy atom. The van der Waals surface area contributed by atoms with Gasteiger partial charge in [0.15, 0.2) is 11.5 Å². The van der Waals surface area contributed by atoms with Crippen LogP contribution >= 0.6 is 0 Å². The number of imidazole rings is 1. The lowest BCUT2D eigenvalue weighted by atomic mass is 9.96. The molecule has 3 aromatic rings. The third-order valence-electron chi connectivity index (χ3n) is 4.34. The molecule has 1 unspecified atom stereocenters. The second kappa shape index (κ2) is 6.35. The number of hydrogen-bond donors (Lipinski definition) is 0. The molecule has 4 rings (SSSR count). The van der Waals surface area contributed by atoms with Crippen molar-refractivity contribution in [2.75, 3.05) is 13.7 Å². The van der Waals surface area contributed by atoms with Crippen LogP contribution in [-0.2, 0) is 13.0 Å². The van der Waals surface area contributed by atoms with Gasteiger partial charge in [0.1, 0.15) is 5.82 Å². The summed E-state index contributed by atoms with van der Waals surface area (Å²) >= 11 is 0. The molecule has 24 heavy (non-hydrogen) atoms. The van der Waals surface area contributed by atoms with Crippen molar-refractivity contribution in [3.05, 3.63) is 60.7 Å². The summed E-state index contributed by atoms with van der Waals surface area (Å²) in [6, 6.07) is 10.0. The van der Waals surface area contributed by atoms with Crippen molar-refractivity contribution in [1.29, 1.82) is 0 Å². The zero-order chi connectivity index (χ0) is 16.4. The van der Waals surface area contributed by atoms with Crippen LogP contribution < -0.4 is 9.47 Å². The lowest BCUT2D eigenvalue weighted by Crippen LogP contribution is -2.25. The van der Waals surface area contributed by atoms with Gasteiger partial charge in [0, 0.05) is 42.8 Å². The lowest BCUT2D eigenvalue weighted by molar-refractivity contribution is 0.198. The number of rotatable bonds is 4. The van der Waals surface area contributed by atoms with Crippen molar-refractivity contribution < 1.29 is 9.47 Å². The van der Waals surface area contributed by atoms with Crippen LogP contribution in [0.4, 0.5) is 0 Å². The van der Waals surface area contributed by atoms with Gasteiger partial charge in [-0.05, 0) is 30.2 Å². The first kappa shape index (κ1) is 14.8. The van der Waals surface area contributed by atoms with Crippen LogP contribution in [-0.4, -0.2) is 28.3 Å². The summed E-state index contributed by atoms with van der Waals surface area (Å²) < 4.78 is 13.5. The Morgan fingerprint density at radius 3 is 3.04 bits per heavy atom. The number of methoxy groups -OCH3 is 1. The van der Waals surface area contributed by atoms with Crippen molar-refractivity contribution in [1.82, 2.24) is 14.5 Å². The zero-order valence-corrected chi connectivity index (χ0v) is 13.6. The molecule has 0 spiro atoms. The van der Waals surface area contributed by atoms with Crippen molar-refractivity contribution in [3.63, 3.8) is 0 Å². The third-order valence-corrected chi connectivity index (χ3v) is 4.34. The maximum atomic E-state index is 5.98. The first-order chi connectivity index (χ1) is 11.8. The summed E-state index contributed by atoms with van der Waals surface area (Å²) in [6.07, 6.45) is 8.44. The van der Waals surface area contributed by atoms with Gasteiger partial charge in [-0.25, -0.2) is 4.98 Å². The molecule has 0 fully saturated rings. The fourth-order valence-corrected chi connectivity index (χ4v) is 3.23. The number of para-hydroxylation sites is 1. The summed E-state index contributed by atoms with van der Waals surface area (Å²) in [6.45, 7) is 1.54. The molecule has 0 radical (unpaired) electrons. The van der Waals surface area contributed by atoms with E-state index in [1.165, 1.54) is 5.56 Å². The smallest absolute Gasteiger partial charge is 0.164 e. The SMILES string of the molecule is COc1cccc2c1OCC(Cn1ccnc1-c1cccnc1)C2. The second-order valence-corrected chi connectivity index (χ2v) is 5.97. The number of benzene rings is 1. The highest BCUT2D eigenvalue weighted by Gasteiger charge is 2.23. The molecular formula is C19H19N3O2. The largest absolute Gasteiger partial charge is 0.493 e. The van der Waals surface area contributed by atoms with Gasteiger partial charge in [-0.3, -0.25) is 4.98 Å². The van der Waals surface area contributed by atoms with E-state index < -0.39 is 0 Å². The van der Waals surface area contributed by atoms with Crippen LogP contribution in [0.5, 0.6) is 11.5 Å². The molecule has 2 aromatic heterocycles. The first-order valence-electron chi connectivity index (χ1n) is 8.05. The highest BCUT2D eigenvalue weighted by atomic mass is 16.5. The molecule has 5 heteroatoms. The lowest BCUT2D eigenvalue weighted by Gasteiger charge is -2.27. The normalized spacial score (nSPS) is 16.3. The Bertz CT molecular complexity index is 830. The van der Waals surface area contributed by atoms with Gasteiger partial charge < -0.3 is 14.0 Å². The standard InChI is InChI=1S/C19H19N3O2/c1-23-17-6-2-4-15-10-14(13-24-18(15)17)12-22-9-8-21-19(22)16-5-3-7-20-11-16/h2-9,11,14H,10,12-13H2,1H3. The van der Waals surface area contributed by atoms with Gasteiger partial charge in [-0.2, -0.15) is 0 Å². The monoisotopic (exact) mass is 321 g/mol. The third kappa shape index (κ3) is 2.73. The van der Waals surface area contributed by atoms with E-state index in [2.05, 4.69) is 20.6 Å². The molecule has 122 valence electrons. The van der Waals surface area contributed by atoms with E-state index in [1.54, 1.807) is 13.3 Å². The molecular weight excluding hydrogens is 302 g/mol. The molecule has 1 atom stereocenters. The molecule has 1 aliphatic rings. The van der Waals surface area contributed by atoms with Crippen LogP contribution in [0.15, 0.2) is 55.1 Å². The summed E-state index contributed by atoms with van der Waals surface area (Å²) in [5, 5.41) is 0. The molecule has 0 bridgehead atoms. The maximum absolute atomic E-state index is 5.98. The molecule has 0 saturated heterocycles. The van der Waals surface area contributed by atoms with Crippen LogP contribution in [0, 0.1) is 5.92 Å². The van der Waals surface area contributed by atoms with Crippen LogP contribution in [0.1, 0.15) is 5.56 Å². The molecule has 0 N–H and O–H groups in total. The number of pyridine rings is 1. The molecule has 1 aliphatic heterocycles. The topological polar surface area (TPSA) is 49.2 Å². The fraction of sp³-hybridized carbons (Fsp3) is 0.263. The number of aromatic nitrogens is 3. The first-order valence-corrected chi connectivity index (χ1v) is 8.05. The number of hydrogen-bond acceptors (Lipinski definition) is 4. The van der Waals surface area contributed by atoms with Gasteiger partial charge >= 0.3 is 0 Å². The summed E-state index contributed by atoms with van der Waals surface area (Å²) in [5.41, 5.74) is 2.23. The summed E-state index contributed by atoms with van der Waals surface area (Å²) in [4.78, 5) is 8.67. The van der Waals surface area contributed by atoms with E-state index in [0.29, 0.717) is 12.5 Å². The van der Waals surface area contributed by atoms with Crippen molar-refractivity contribution in [2.24, 2.45) is 5.92 Å².